The molecule has 0 aromatic heterocycles. The summed E-state index contributed by atoms with van der Waals surface area (Å²) >= 11 is 0. The maximum atomic E-state index is 11.2. The molecule has 2 rings (SSSR count). The summed E-state index contributed by atoms with van der Waals surface area (Å²) in [7, 11) is 0. The molecule has 0 fully saturated rings. The number of amides is 2. The SMILES string of the molecule is CC1=NC(=O)NC(c2ccccc2)C1. The van der Waals surface area contributed by atoms with E-state index in [0.717, 1.165) is 17.7 Å². The van der Waals surface area contributed by atoms with Crippen LogP contribution in [0.4, 0.5) is 4.79 Å². The van der Waals surface area contributed by atoms with Crippen LogP contribution in [-0.4, -0.2) is 11.7 Å². The van der Waals surface area contributed by atoms with Crippen LogP contribution >= 0.6 is 0 Å². The molecule has 0 spiro atoms. The van der Waals surface area contributed by atoms with Gasteiger partial charge < -0.3 is 5.32 Å². The number of hydrogen-bond donors (Lipinski definition) is 1. The number of nitrogens with one attached hydrogen (secondary N) is 1. The van der Waals surface area contributed by atoms with Gasteiger partial charge in [-0.3, -0.25) is 0 Å². The first-order valence-electron chi connectivity index (χ1n) is 4.65. The predicted molar refractivity (Wildman–Crippen MR) is 55.4 cm³/mol. The second-order valence-corrected chi connectivity index (χ2v) is 3.46. The van der Waals surface area contributed by atoms with Crippen molar-refractivity contribution in [3.63, 3.8) is 0 Å². The smallest absolute Gasteiger partial charge is 0.329 e. The highest BCUT2D eigenvalue weighted by Crippen LogP contribution is 2.19. The van der Waals surface area contributed by atoms with Crippen molar-refractivity contribution in [3.05, 3.63) is 35.9 Å². The minimum absolute atomic E-state index is 0.0844. The zero-order valence-electron chi connectivity index (χ0n) is 8.03. The molecule has 3 nitrogen and oxygen atoms in total. The van der Waals surface area contributed by atoms with Crippen molar-refractivity contribution in [2.45, 2.75) is 19.4 Å². The molecule has 1 aliphatic rings. The van der Waals surface area contributed by atoms with Crippen LogP contribution in [-0.2, 0) is 0 Å². The van der Waals surface area contributed by atoms with Crippen LogP contribution in [0.25, 0.3) is 0 Å². The van der Waals surface area contributed by atoms with Crippen molar-refractivity contribution in [1.82, 2.24) is 5.32 Å². The molecule has 0 aliphatic carbocycles. The first kappa shape index (κ1) is 8.94. The van der Waals surface area contributed by atoms with Gasteiger partial charge in [-0.05, 0) is 12.5 Å². The second kappa shape index (κ2) is 3.62. The zero-order valence-corrected chi connectivity index (χ0v) is 8.03. The molecule has 1 N–H and O–H groups in total. The number of carbonyl (C=O) groups is 1. The molecule has 14 heavy (non-hydrogen) atoms. The van der Waals surface area contributed by atoms with Gasteiger partial charge in [0.25, 0.3) is 0 Å². The molecule has 1 unspecified atom stereocenters. The Hall–Kier alpha value is -1.64. The van der Waals surface area contributed by atoms with Gasteiger partial charge in [-0.15, -0.1) is 0 Å². The summed E-state index contributed by atoms with van der Waals surface area (Å²) < 4.78 is 0. The van der Waals surface area contributed by atoms with Gasteiger partial charge in [0.2, 0.25) is 0 Å². The van der Waals surface area contributed by atoms with Crippen molar-refractivity contribution in [3.8, 4) is 0 Å². The first-order chi connectivity index (χ1) is 6.75. The van der Waals surface area contributed by atoms with Gasteiger partial charge in [-0.2, -0.15) is 0 Å². The summed E-state index contributed by atoms with van der Waals surface area (Å²) in [5.74, 6) is 0. The molecule has 0 saturated carbocycles. The van der Waals surface area contributed by atoms with Crippen molar-refractivity contribution in [1.29, 1.82) is 0 Å². The fourth-order valence-electron chi connectivity index (χ4n) is 1.63. The fourth-order valence-corrected chi connectivity index (χ4v) is 1.63. The van der Waals surface area contributed by atoms with Crippen molar-refractivity contribution in [2.75, 3.05) is 0 Å². The lowest BCUT2D eigenvalue weighted by Gasteiger charge is -2.21. The van der Waals surface area contributed by atoms with E-state index in [4.69, 9.17) is 0 Å². The van der Waals surface area contributed by atoms with E-state index in [-0.39, 0.29) is 12.1 Å². The summed E-state index contributed by atoms with van der Waals surface area (Å²) in [6.45, 7) is 1.88. The van der Waals surface area contributed by atoms with Crippen LogP contribution in [0.15, 0.2) is 35.3 Å². The summed E-state index contributed by atoms with van der Waals surface area (Å²) in [6, 6.07) is 9.80. The Morgan fingerprint density at radius 3 is 2.71 bits per heavy atom. The van der Waals surface area contributed by atoms with E-state index in [9.17, 15) is 4.79 Å². The number of aliphatic imine (C=N–C) groups is 1. The van der Waals surface area contributed by atoms with E-state index in [2.05, 4.69) is 10.3 Å². The van der Waals surface area contributed by atoms with Gasteiger partial charge in [-0.1, -0.05) is 30.3 Å². The molecular formula is C11H12N2O. The minimum atomic E-state index is -0.234. The Labute approximate surface area is 82.9 Å². The Morgan fingerprint density at radius 2 is 2.07 bits per heavy atom. The number of carbonyl (C=O) groups excluding carboxylic acids is 1. The lowest BCUT2D eigenvalue weighted by molar-refractivity contribution is 0.244. The molecule has 1 heterocycles. The molecule has 72 valence electrons. The molecule has 1 aromatic carbocycles. The van der Waals surface area contributed by atoms with E-state index in [1.165, 1.54) is 0 Å². The molecule has 0 saturated heterocycles. The van der Waals surface area contributed by atoms with Crippen LogP contribution in [0, 0.1) is 0 Å². The average Bonchev–Trinajstić information content (AvgIpc) is 2.18. The fraction of sp³-hybridized carbons (Fsp3) is 0.273. The summed E-state index contributed by atoms with van der Waals surface area (Å²) in [5.41, 5.74) is 2.03. The number of rotatable bonds is 1. The number of urea groups is 1. The number of hydrogen-bond acceptors (Lipinski definition) is 1. The van der Waals surface area contributed by atoms with Crippen molar-refractivity contribution < 1.29 is 4.79 Å². The standard InChI is InChI=1S/C11H12N2O/c1-8-7-10(13-11(14)12-8)9-5-3-2-4-6-9/h2-6,10H,7H2,1H3,(H,13,14). The maximum absolute atomic E-state index is 11.2. The molecule has 1 atom stereocenters. The van der Waals surface area contributed by atoms with Crippen LogP contribution in [0.5, 0.6) is 0 Å². The third-order valence-corrected chi connectivity index (χ3v) is 2.29. The molecule has 0 bridgehead atoms. The van der Waals surface area contributed by atoms with Crippen LogP contribution < -0.4 is 5.32 Å². The lowest BCUT2D eigenvalue weighted by Crippen LogP contribution is -2.32. The quantitative estimate of drug-likeness (QED) is 0.721. The minimum Gasteiger partial charge on any atom is -0.329 e. The number of nitrogens with zero attached hydrogens (tertiary/aromatic N) is 1. The van der Waals surface area contributed by atoms with Crippen LogP contribution in [0.1, 0.15) is 24.9 Å². The normalized spacial score (nSPS) is 21.4. The summed E-state index contributed by atoms with van der Waals surface area (Å²) in [5, 5.41) is 2.84. The van der Waals surface area contributed by atoms with Gasteiger partial charge in [0.15, 0.2) is 0 Å². The highest BCUT2D eigenvalue weighted by Gasteiger charge is 2.19. The van der Waals surface area contributed by atoms with Crippen molar-refractivity contribution >= 4 is 11.7 Å². The Balaban J connectivity index is 2.22. The Bertz CT molecular complexity index is 370. The van der Waals surface area contributed by atoms with Crippen molar-refractivity contribution in [2.24, 2.45) is 4.99 Å². The monoisotopic (exact) mass is 188 g/mol. The van der Waals surface area contributed by atoms with E-state index in [1.807, 2.05) is 37.3 Å². The van der Waals surface area contributed by atoms with E-state index in [0.29, 0.717) is 0 Å². The summed E-state index contributed by atoms with van der Waals surface area (Å²) in [6.07, 6.45) is 0.801. The average molecular weight is 188 g/mol. The predicted octanol–water partition coefficient (Wildman–Crippen LogP) is 2.30. The van der Waals surface area contributed by atoms with E-state index >= 15 is 0 Å². The molecular weight excluding hydrogens is 176 g/mol. The summed E-state index contributed by atoms with van der Waals surface area (Å²) in [4.78, 5) is 15.0. The highest BCUT2D eigenvalue weighted by molar-refractivity contribution is 5.96. The third kappa shape index (κ3) is 1.82. The largest absolute Gasteiger partial charge is 0.341 e. The number of benzene rings is 1. The molecule has 0 radical (unpaired) electrons. The Morgan fingerprint density at radius 1 is 1.36 bits per heavy atom. The van der Waals surface area contributed by atoms with Crippen LogP contribution in [0.2, 0.25) is 0 Å². The zero-order chi connectivity index (χ0) is 9.97. The van der Waals surface area contributed by atoms with Gasteiger partial charge in [-0.25, -0.2) is 9.79 Å². The van der Waals surface area contributed by atoms with Gasteiger partial charge in [0.1, 0.15) is 0 Å². The van der Waals surface area contributed by atoms with E-state index in [1.54, 1.807) is 0 Å². The van der Waals surface area contributed by atoms with Gasteiger partial charge in [0.05, 0.1) is 6.04 Å². The third-order valence-electron chi connectivity index (χ3n) is 2.29. The molecule has 3 heteroatoms. The van der Waals surface area contributed by atoms with Gasteiger partial charge >= 0.3 is 6.03 Å². The van der Waals surface area contributed by atoms with Crippen LogP contribution in [0.3, 0.4) is 0 Å². The second-order valence-electron chi connectivity index (χ2n) is 3.46. The molecule has 1 aliphatic heterocycles. The highest BCUT2D eigenvalue weighted by atomic mass is 16.2. The van der Waals surface area contributed by atoms with E-state index < -0.39 is 0 Å². The Kier molecular flexibility index (Phi) is 2.31. The molecule has 1 aromatic rings. The topological polar surface area (TPSA) is 41.5 Å². The molecule has 2 amide bonds. The first-order valence-corrected chi connectivity index (χ1v) is 4.65. The maximum Gasteiger partial charge on any atom is 0.341 e. The lowest BCUT2D eigenvalue weighted by atomic mass is 10.0. The van der Waals surface area contributed by atoms with Gasteiger partial charge in [0, 0.05) is 12.1 Å².